The molecule has 5 nitrogen and oxygen atoms in total. The molecule has 0 aromatic heterocycles. The van der Waals surface area contributed by atoms with Gasteiger partial charge in [0.25, 0.3) is 5.91 Å². The quantitative estimate of drug-likeness (QED) is 0.810. The van der Waals surface area contributed by atoms with Gasteiger partial charge in [-0.1, -0.05) is 25.5 Å². The fourth-order valence-corrected chi connectivity index (χ4v) is 2.42. The van der Waals surface area contributed by atoms with Crippen LogP contribution in [-0.2, 0) is 11.3 Å². The number of nitrogens with two attached hydrogens (primary N) is 1. The molecule has 1 amide bonds. The third kappa shape index (κ3) is 3.49. The fraction of sp³-hybridized carbons (Fsp3) is 0.533. The van der Waals surface area contributed by atoms with E-state index in [2.05, 4.69) is 0 Å². The highest BCUT2D eigenvalue weighted by Crippen LogP contribution is 2.25. The number of rotatable bonds is 6. The van der Waals surface area contributed by atoms with Crippen molar-refractivity contribution in [2.24, 2.45) is 5.73 Å². The van der Waals surface area contributed by atoms with Crippen LogP contribution in [-0.4, -0.2) is 41.2 Å². The van der Waals surface area contributed by atoms with Crippen LogP contribution in [0.15, 0.2) is 24.3 Å². The Kier molecular flexibility index (Phi) is 4.62. The lowest BCUT2D eigenvalue weighted by molar-refractivity contribution is -0.158. The molecule has 20 heavy (non-hydrogen) atoms. The highest BCUT2D eigenvalue weighted by molar-refractivity contribution is 5.79. The van der Waals surface area contributed by atoms with Gasteiger partial charge in [0.1, 0.15) is 5.75 Å². The van der Waals surface area contributed by atoms with Crippen molar-refractivity contribution in [1.29, 1.82) is 0 Å². The first-order chi connectivity index (χ1) is 9.56. The molecule has 1 aromatic carbocycles. The van der Waals surface area contributed by atoms with E-state index in [4.69, 9.17) is 10.5 Å². The number of carbonyl (C=O) groups is 1. The second-order valence-corrected chi connectivity index (χ2v) is 5.36. The van der Waals surface area contributed by atoms with E-state index in [0.717, 1.165) is 18.4 Å². The highest BCUT2D eigenvalue weighted by Gasteiger charge is 2.42. The smallest absolute Gasteiger partial charge is 0.260 e. The molecule has 1 heterocycles. The Bertz CT molecular complexity index is 453. The molecule has 0 spiro atoms. The third-order valence-electron chi connectivity index (χ3n) is 3.56. The molecule has 0 aliphatic carbocycles. The van der Waals surface area contributed by atoms with Gasteiger partial charge in [0.05, 0.1) is 18.7 Å². The SMILES string of the molecule is CCCC1(O)CN(C(=O)COc2ccc(CN)cc2)C1. The van der Waals surface area contributed by atoms with E-state index >= 15 is 0 Å². The summed E-state index contributed by atoms with van der Waals surface area (Å²) in [7, 11) is 0. The van der Waals surface area contributed by atoms with Crippen LogP contribution in [0.25, 0.3) is 0 Å². The Morgan fingerprint density at radius 1 is 1.40 bits per heavy atom. The number of likely N-dealkylation sites (tertiary alicyclic amines) is 1. The Hall–Kier alpha value is -1.59. The average molecular weight is 278 g/mol. The summed E-state index contributed by atoms with van der Waals surface area (Å²) in [4.78, 5) is 13.5. The summed E-state index contributed by atoms with van der Waals surface area (Å²) in [6.45, 7) is 3.34. The number of nitrogens with zero attached hydrogens (tertiary/aromatic N) is 1. The summed E-state index contributed by atoms with van der Waals surface area (Å²) in [6, 6.07) is 7.37. The predicted octanol–water partition coefficient (Wildman–Crippen LogP) is 0.897. The fourth-order valence-electron chi connectivity index (χ4n) is 2.42. The van der Waals surface area contributed by atoms with Gasteiger partial charge in [0.2, 0.25) is 0 Å². The van der Waals surface area contributed by atoms with Crippen molar-refractivity contribution in [2.75, 3.05) is 19.7 Å². The van der Waals surface area contributed by atoms with E-state index in [0.29, 0.717) is 25.4 Å². The molecule has 0 saturated carbocycles. The number of amides is 1. The topological polar surface area (TPSA) is 75.8 Å². The number of benzene rings is 1. The minimum absolute atomic E-state index is 0.00414. The average Bonchev–Trinajstić information content (AvgIpc) is 2.43. The van der Waals surface area contributed by atoms with E-state index in [1.165, 1.54) is 0 Å². The molecule has 3 N–H and O–H groups in total. The lowest BCUT2D eigenvalue weighted by Crippen LogP contribution is -2.64. The molecular formula is C15H22N2O3. The molecule has 2 rings (SSSR count). The van der Waals surface area contributed by atoms with Crippen LogP contribution in [0.5, 0.6) is 5.75 Å². The lowest BCUT2D eigenvalue weighted by atomic mass is 9.89. The molecule has 0 bridgehead atoms. The maximum absolute atomic E-state index is 11.9. The number of carbonyl (C=O) groups excluding carboxylic acids is 1. The molecule has 0 radical (unpaired) electrons. The van der Waals surface area contributed by atoms with Crippen LogP contribution in [0.4, 0.5) is 0 Å². The van der Waals surface area contributed by atoms with Crippen LogP contribution < -0.4 is 10.5 Å². The largest absolute Gasteiger partial charge is 0.484 e. The van der Waals surface area contributed by atoms with Gasteiger partial charge in [-0.2, -0.15) is 0 Å². The number of β-amino-alcohol motifs (C(OH)–C–C–N with tert-alkyl or cyclic N) is 1. The minimum Gasteiger partial charge on any atom is -0.484 e. The van der Waals surface area contributed by atoms with E-state index in [1.54, 1.807) is 17.0 Å². The summed E-state index contributed by atoms with van der Waals surface area (Å²) >= 11 is 0. The monoisotopic (exact) mass is 278 g/mol. The molecule has 1 saturated heterocycles. The van der Waals surface area contributed by atoms with E-state index < -0.39 is 5.60 Å². The number of hydrogen-bond donors (Lipinski definition) is 2. The molecule has 0 unspecified atom stereocenters. The van der Waals surface area contributed by atoms with Gasteiger partial charge in [-0.15, -0.1) is 0 Å². The third-order valence-corrected chi connectivity index (χ3v) is 3.56. The standard InChI is InChI=1S/C15H22N2O3/c1-2-7-15(19)10-17(11-15)14(18)9-20-13-5-3-12(8-16)4-6-13/h3-6,19H,2,7-11,16H2,1H3. The van der Waals surface area contributed by atoms with Crippen LogP contribution >= 0.6 is 0 Å². The van der Waals surface area contributed by atoms with Gasteiger partial charge in [0, 0.05) is 6.54 Å². The van der Waals surface area contributed by atoms with Gasteiger partial charge < -0.3 is 20.5 Å². The summed E-state index contributed by atoms with van der Waals surface area (Å²) in [5, 5.41) is 10.0. The van der Waals surface area contributed by atoms with Crippen molar-refractivity contribution in [2.45, 2.75) is 31.9 Å². The number of aliphatic hydroxyl groups is 1. The van der Waals surface area contributed by atoms with Crippen molar-refractivity contribution < 1.29 is 14.6 Å². The van der Waals surface area contributed by atoms with Crippen molar-refractivity contribution in [3.63, 3.8) is 0 Å². The summed E-state index contributed by atoms with van der Waals surface area (Å²) in [5.41, 5.74) is 5.85. The molecule has 5 heteroatoms. The molecule has 1 aliphatic rings. The molecule has 1 aliphatic heterocycles. The van der Waals surface area contributed by atoms with Crippen LogP contribution in [0.3, 0.4) is 0 Å². The second kappa shape index (κ2) is 6.24. The van der Waals surface area contributed by atoms with Crippen molar-refractivity contribution in [1.82, 2.24) is 4.90 Å². The summed E-state index contributed by atoms with van der Waals surface area (Å²) in [6.07, 6.45) is 1.65. The Morgan fingerprint density at radius 2 is 2.05 bits per heavy atom. The van der Waals surface area contributed by atoms with Crippen LogP contribution in [0.2, 0.25) is 0 Å². The van der Waals surface area contributed by atoms with Gasteiger partial charge in [-0.25, -0.2) is 0 Å². The number of ether oxygens (including phenoxy) is 1. The molecule has 110 valence electrons. The van der Waals surface area contributed by atoms with Crippen molar-refractivity contribution in [3.05, 3.63) is 29.8 Å². The zero-order chi connectivity index (χ0) is 14.6. The first-order valence-electron chi connectivity index (χ1n) is 6.98. The molecular weight excluding hydrogens is 256 g/mol. The van der Waals surface area contributed by atoms with E-state index in [1.807, 2.05) is 19.1 Å². The number of hydrogen-bond acceptors (Lipinski definition) is 4. The van der Waals surface area contributed by atoms with Crippen LogP contribution in [0, 0.1) is 0 Å². The highest BCUT2D eigenvalue weighted by atomic mass is 16.5. The zero-order valence-electron chi connectivity index (χ0n) is 11.8. The predicted molar refractivity (Wildman–Crippen MR) is 76.3 cm³/mol. The maximum atomic E-state index is 11.9. The normalized spacial score (nSPS) is 16.6. The van der Waals surface area contributed by atoms with Crippen LogP contribution in [0.1, 0.15) is 25.3 Å². The molecule has 0 atom stereocenters. The Balaban J connectivity index is 1.76. The minimum atomic E-state index is -0.687. The Labute approximate surface area is 119 Å². The van der Waals surface area contributed by atoms with Gasteiger partial charge in [-0.3, -0.25) is 4.79 Å². The summed E-state index contributed by atoms with van der Waals surface area (Å²) in [5.74, 6) is 0.563. The van der Waals surface area contributed by atoms with Crippen molar-refractivity contribution >= 4 is 5.91 Å². The van der Waals surface area contributed by atoms with Gasteiger partial charge in [0.15, 0.2) is 6.61 Å². The zero-order valence-corrected chi connectivity index (χ0v) is 11.8. The van der Waals surface area contributed by atoms with Gasteiger partial charge >= 0.3 is 0 Å². The molecule has 1 fully saturated rings. The molecule has 1 aromatic rings. The van der Waals surface area contributed by atoms with E-state index in [9.17, 15) is 9.90 Å². The lowest BCUT2D eigenvalue weighted by Gasteiger charge is -2.46. The summed E-state index contributed by atoms with van der Waals surface area (Å²) < 4.78 is 5.44. The van der Waals surface area contributed by atoms with Crippen molar-refractivity contribution in [3.8, 4) is 5.75 Å². The van der Waals surface area contributed by atoms with E-state index in [-0.39, 0.29) is 12.5 Å². The second-order valence-electron chi connectivity index (χ2n) is 5.36. The maximum Gasteiger partial charge on any atom is 0.260 e. The Morgan fingerprint density at radius 3 is 2.60 bits per heavy atom. The first kappa shape index (κ1) is 14.8. The first-order valence-corrected chi connectivity index (χ1v) is 6.98. The van der Waals surface area contributed by atoms with Gasteiger partial charge in [-0.05, 0) is 24.1 Å².